The zero-order chi connectivity index (χ0) is 23.4. The minimum Gasteiger partial charge on any atom is -0.497 e. The predicted octanol–water partition coefficient (Wildman–Crippen LogP) is 4.44. The first-order chi connectivity index (χ1) is 14.4. The number of carbonyl (C=O) groups excluding carboxylic acids is 2. The lowest BCUT2D eigenvalue weighted by Gasteiger charge is -2.24. The number of nitrogens with zero attached hydrogens (tertiary/aromatic N) is 3. The predicted molar refractivity (Wildman–Crippen MR) is 124 cm³/mol. The Kier molecular flexibility index (Phi) is 7.52. The summed E-state index contributed by atoms with van der Waals surface area (Å²) in [4.78, 5) is 27.4. The van der Waals surface area contributed by atoms with Crippen LogP contribution in [0.4, 0.5) is 5.82 Å². The SMILES string of the molecule is CCCN(CC(=O)Nc1cc(C(C)(C)C)nn1C(C)(C)C)C(=O)c1ccc(OC)cc1. The van der Waals surface area contributed by atoms with E-state index < -0.39 is 0 Å². The molecule has 0 saturated heterocycles. The molecule has 7 heteroatoms. The molecule has 1 N–H and O–H groups in total. The van der Waals surface area contributed by atoms with E-state index in [0.29, 0.717) is 23.7 Å². The summed E-state index contributed by atoms with van der Waals surface area (Å²) in [6, 6.07) is 8.83. The molecule has 0 radical (unpaired) electrons. The fourth-order valence-electron chi connectivity index (χ4n) is 3.14. The van der Waals surface area contributed by atoms with E-state index >= 15 is 0 Å². The molecule has 31 heavy (non-hydrogen) atoms. The summed E-state index contributed by atoms with van der Waals surface area (Å²) in [7, 11) is 1.58. The van der Waals surface area contributed by atoms with Crippen LogP contribution >= 0.6 is 0 Å². The maximum atomic E-state index is 13.0. The highest BCUT2D eigenvalue weighted by Gasteiger charge is 2.26. The van der Waals surface area contributed by atoms with Gasteiger partial charge in [0.25, 0.3) is 5.91 Å². The lowest BCUT2D eigenvalue weighted by Crippen LogP contribution is -2.39. The molecular formula is C24H36N4O3. The summed E-state index contributed by atoms with van der Waals surface area (Å²) >= 11 is 0. The summed E-state index contributed by atoms with van der Waals surface area (Å²) in [6.45, 7) is 14.8. The van der Waals surface area contributed by atoms with Gasteiger partial charge in [-0.3, -0.25) is 9.59 Å². The molecule has 2 aromatic rings. The zero-order valence-corrected chi connectivity index (χ0v) is 20.1. The monoisotopic (exact) mass is 428 g/mol. The minimum atomic E-state index is -0.297. The molecule has 0 unspecified atom stereocenters. The maximum Gasteiger partial charge on any atom is 0.254 e. The van der Waals surface area contributed by atoms with E-state index in [-0.39, 0.29) is 29.3 Å². The first kappa shape index (κ1) is 24.4. The number of nitrogens with one attached hydrogen (secondary N) is 1. The minimum absolute atomic E-state index is 0.0289. The smallest absolute Gasteiger partial charge is 0.254 e. The van der Waals surface area contributed by atoms with Crippen LogP contribution in [0.15, 0.2) is 30.3 Å². The number of aromatic nitrogens is 2. The van der Waals surface area contributed by atoms with Crippen molar-refractivity contribution >= 4 is 17.6 Å². The Balaban J connectivity index is 2.21. The number of benzene rings is 1. The van der Waals surface area contributed by atoms with Gasteiger partial charge in [-0.1, -0.05) is 27.7 Å². The molecule has 0 aliphatic carbocycles. The molecular weight excluding hydrogens is 392 g/mol. The Hall–Kier alpha value is -2.83. The average Bonchev–Trinajstić information content (AvgIpc) is 3.12. The third kappa shape index (κ3) is 6.32. The Labute approximate surface area is 185 Å². The van der Waals surface area contributed by atoms with Crippen LogP contribution < -0.4 is 10.1 Å². The van der Waals surface area contributed by atoms with E-state index in [4.69, 9.17) is 9.84 Å². The van der Waals surface area contributed by atoms with Gasteiger partial charge in [-0.2, -0.15) is 5.10 Å². The van der Waals surface area contributed by atoms with Gasteiger partial charge in [0.05, 0.1) is 18.3 Å². The van der Waals surface area contributed by atoms with E-state index in [9.17, 15) is 9.59 Å². The third-order valence-corrected chi connectivity index (χ3v) is 4.83. The number of amides is 2. The van der Waals surface area contributed by atoms with Crippen LogP contribution in [0, 0.1) is 0 Å². The van der Waals surface area contributed by atoms with Gasteiger partial charge < -0.3 is 15.0 Å². The summed E-state index contributed by atoms with van der Waals surface area (Å²) in [5.74, 6) is 0.887. The molecule has 0 atom stereocenters. The number of anilines is 1. The number of carbonyl (C=O) groups is 2. The number of rotatable bonds is 7. The third-order valence-electron chi connectivity index (χ3n) is 4.83. The first-order valence-corrected chi connectivity index (χ1v) is 10.7. The van der Waals surface area contributed by atoms with Crippen molar-refractivity contribution in [3.05, 3.63) is 41.6 Å². The molecule has 7 nitrogen and oxygen atoms in total. The van der Waals surface area contributed by atoms with Gasteiger partial charge in [-0.25, -0.2) is 4.68 Å². The molecule has 2 rings (SSSR count). The summed E-state index contributed by atoms with van der Waals surface area (Å²) in [6.07, 6.45) is 0.753. The quantitative estimate of drug-likeness (QED) is 0.708. The largest absolute Gasteiger partial charge is 0.497 e. The molecule has 2 amide bonds. The van der Waals surface area contributed by atoms with Crippen LogP contribution in [-0.4, -0.2) is 46.7 Å². The van der Waals surface area contributed by atoms with E-state index in [2.05, 4.69) is 26.1 Å². The second-order valence-electron chi connectivity index (χ2n) is 9.75. The normalized spacial score (nSPS) is 11.9. The molecule has 0 bridgehead atoms. The fourth-order valence-corrected chi connectivity index (χ4v) is 3.14. The Bertz CT molecular complexity index is 902. The molecule has 1 heterocycles. The highest BCUT2D eigenvalue weighted by molar-refractivity contribution is 5.99. The first-order valence-electron chi connectivity index (χ1n) is 10.7. The molecule has 1 aromatic carbocycles. The molecule has 170 valence electrons. The lowest BCUT2D eigenvalue weighted by molar-refractivity contribution is -0.117. The summed E-state index contributed by atoms with van der Waals surface area (Å²) in [5, 5.41) is 7.70. The Morgan fingerprint density at radius 1 is 1.10 bits per heavy atom. The summed E-state index contributed by atoms with van der Waals surface area (Å²) in [5.41, 5.74) is 0.983. The zero-order valence-electron chi connectivity index (χ0n) is 20.1. The van der Waals surface area contributed by atoms with Gasteiger partial charge in [0.1, 0.15) is 18.1 Å². The van der Waals surface area contributed by atoms with Gasteiger partial charge in [-0.05, 0) is 51.5 Å². The number of ether oxygens (including phenoxy) is 1. The van der Waals surface area contributed by atoms with E-state index in [1.165, 1.54) is 0 Å². The van der Waals surface area contributed by atoms with Crippen molar-refractivity contribution in [1.29, 1.82) is 0 Å². The van der Waals surface area contributed by atoms with Crippen LogP contribution in [0.2, 0.25) is 0 Å². The Morgan fingerprint density at radius 3 is 2.19 bits per heavy atom. The van der Waals surface area contributed by atoms with Crippen LogP contribution in [0.25, 0.3) is 0 Å². The molecule has 1 aromatic heterocycles. The van der Waals surface area contributed by atoms with Crippen molar-refractivity contribution in [2.45, 2.75) is 65.8 Å². The lowest BCUT2D eigenvalue weighted by atomic mass is 9.92. The standard InChI is InChI=1S/C24H36N4O3/c1-9-14-27(22(30)17-10-12-18(31-8)13-11-17)16-21(29)25-20-15-19(23(2,3)4)26-28(20)24(5,6)7/h10-13,15H,9,14,16H2,1-8H3,(H,25,29). The van der Waals surface area contributed by atoms with E-state index in [0.717, 1.165) is 12.1 Å². The van der Waals surface area contributed by atoms with Crippen molar-refractivity contribution in [1.82, 2.24) is 14.7 Å². The molecule has 0 aliphatic heterocycles. The highest BCUT2D eigenvalue weighted by Crippen LogP contribution is 2.28. The van der Waals surface area contributed by atoms with Crippen LogP contribution in [0.1, 0.15) is 70.9 Å². The van der Waals surface area contributed by atoms with Crippen molar-refractivity contribution in [3.8, 4) is 5.75 Å². The van der Waals surface area contributed by atoms with Crippen LogP contribution in [0.5, 0.6) is 5.75 Å². The number of hydrogen-bond donors (Lipinski definition) is 1. The van der Waals surface area contributed by atoms with Crippen molar-refractivity contribution in [3.63, 3.8) is 0 Å². The van der Waals surface area contributed by atoms with Crippen LogP contribution in [0.3, 0.4) is 0 Å². The molecule has 0 aliphatic rings. The second kappa shape index (κ2) is 9.54. The summed E-state index contributed by atoms with van der Waals surface area (Å²) < 4.78 is 6.99. The molecule has 0 saturated carbocycles. The second-order valence-corrected chi connectivity index (χ2v) is 9.75. The molecule has 0 spiro atoms. The highest BCUT2D eigenvalue weighted by atomic mass is 16.5. The number of hydrogen-bond acceptors (Lipinski definition) is 4. The van der Waals surface area contributed by atoms with Gasteiger partial charge in [-0.15, -0.1) is 0 Å². The maximum absolute atomic E-state index is 13.0. The van der Waals surface area contributed by atoms with Crippen molar-refractivity contribution in [2.75, 3.05) is 25.5 Å². The van der Waals surface area contributed by atoms with E-state index in [1.807, 2.05) is 38.4 Å². The van der Waals surface area contributed by atoms with Crippen molar-refractivity contribution in [2.24, 2.45) is 0 Å². The fraction of sp³-hybridized carbons (Fsp3) is 0.542. The van der Waals surface area contributed by atoms with Gasteiger partial charge >= 0.3 is 0 Å². The van der Waals surface area contributed by atoms with E-state index in [1.54, 1.807) is 36.3 Å². The Morgan fingerprint density at radius 2 is 1.71 bits per heavy atom. The number of methoxy groups -OCH3 is 1. The van der Waals surface area contributed by atoms with Crippen LogP contribution in [-0.2, 0) is 15.7 Å². The molecule has 0 fully saturated rings. The van der Waals surface area contributed by atoms with Crippen molar-refractivity contribution < 1.29 is 14.3 Å². The van der Waals surface area contributed by atoms with Gasteiger partial charge in [0, 0.05) is 23.6 Å². The van der Waals surface area contributed by atoms with Gasteiger partial charge in [0.15, 0.2) is 0 Å². The average molecular weight is 429 g/mol. The van der Waals surface area contributed by atoms with Gasteiger partial charge in [0.2, 0.25) is 5.91 Å². The topological polar surface area (TPSA) is 76.5 Å².